The van der Waals surface area contributed by atoms with Crippen LogP contribution in [0.25, 0.3) is 0 Å². The van der Waals surface area contributed by atoms with Crippen molar-refractivity contribution in [3.05, 3.63) is 73.6 Å². The molecule has 0 saturated carbocycles. The summed E-state index contributed by atoms with van der Waals surface area (Å²) in [6.07, 6.45) is 1.73. The van der Waals surface area contributed by atoms with E-state index < -0.39 is 0 Å². The lowest BCUT2D eigenvalue weighted by Crippen LogP contribution is -1.99. The van der Waals surface area contributed by atoms with Gasteiger partial charge in [0.15, 0.2) is 0 Å². The highest BCUT2D eigenvalue weighted by Crippen LogP contribution is 2.23. The van der Waals surface area contributed by atoms with Crippen LogP contribution in [-0.2, 0) is 6.61 Å². The van der Waals surface area contributed by atoms with Crippen molar-refractivity contribution >= 4 is 54.5 Å². The van der Waals surface area contributed by atoms with Crippen LogP contribution in [-0.4, -0.2) is 11.2 Å². The smallest absolute Gasteiger partial charge is 0.203 e. The van der Waals surface area contributed by atoms with Crippen LogP contribution in [0.4, 0.5) is 5.13 Å². The molecule has 0 amide bonds. The predicted molar refractivity (Wildman–Crippen MR) is 111 cm³/mol. The number of thiazole rings is 1. The van der Waals surface area contributed by atoms with Crippen molar-refractivity contribution in [3.63, 3.8) is 0 Å². The number of nitrogens with one attached hydrogen (secondary N) is 1. The fraction of sp³-hybridized carbons (Fsp3) is 0.111. The maximum Gasteiger partial charge on any atom is 0.203 e. The standard InChI is InChI=1S/C18H15Br2N3OS/c1-12-11-25-18(22-12)23-21-9-14-8-16(20)6-7-17(14)24-10-13-2-4-15(19)5-3-13/h2-9,11H,10H2,1H3,(H,22,23). The molecule has 0 bridgehead atoms. The molecule has 0 radical (unpaired) electrons. The minimum atomic E-state index is 0.495. The molecule has 128 valence electrons. The first-order valence-corrected chi connectivity index (χ1v) is 9.95. The number of rotatable bonds is 6. The van der Waals surface area contributed by atoms with Crippen LogP contribution in [0.3, 0.4) is 0 Å². The van der Waals surface area contributed by atoms with Gasteiger partial charge in [-0.2, -0.15) is 5.10 Å². The Bertz CT molecular complexity index is 878. The summed E-state index contributed by atoms with van der Waals surface area (Å²) in [5, 5.41) is 7.00. The van der Waals surface area contributed by atoms with Crippen LogP contribution in [0.2, 0.25) is 0 Å². The normalized spacial score (nSPS) is 11.0. The van der Waals surface area contributed by atoms with Crippen molar-refractivity contribution < 1.29 is 4.74 Å². The zero-order valence-electron chi connectivity index (χ0n) is 13.4. The average Bonchev–Trinajstić information content (AvgIpc) is 3.01. The van der Waals surface area contributed by atoms with E-state index in [0.717, 1.165) is 36.6 Å². The molecule has 2 aromatic carbocycles. The Morgan fingerprint density at radius 3 is 2.64 bits per heavy atom. The van der Waals surface area contributed by atoms with Gasteiger partial charge in [-0.05, 0) is 42.8 Å². The van der Waals surface area contributed by atoms with Gasteiger partial charge in [-0.3, -0.25) is 5.43 Å². The number of aryl methyl sites for hydroxylation is 1. The molecule has 1 aromatic heterocycles. The minimum Gasteiger partial charge on any atom is -0.488 e. The van der Waals surface area contributed by atoms with Gasteiger partial charge in [-0.25, -0.2) is 4.98 Å². The number of benzene rings is 2. The lowest BCUT2D eigenvalue weighted by atomic mass is 10.2. The third-order valence-electron chi connectivity index (χ3n) is 3.26. The van der Waals surface area contributed by atoms with Crippen LogP contribution in [0, 0.1) is 6.92 Å². The number of ether oxygens (including phenoxy) is 1. The quantitative estimate of drug-likeness (QED) is 0.347. The summed E-state index contributed by atoms with van der Waals surface area (Å²) in [4.78, 5) is 4.31. The molecule has 0 unspecified atom stereocenters. The molecule has 0 spiro atoms. The van der Waals surface area contributed by atoms with Gasteiger partial charge in [0.2, 0.25) is 5.13 Å². The van der Waals surface area contributed by atoms with E-state index in [4.69, 9.17) is 4.74 Å². The van der Waals surface area contributed by atoms with Crippen LogP contribution in [0.5, 0.6) is 5.75 Å². The highest BCUT2D eigenvalue weighted by Gasteiger charge is 2.04. The molecule has 0 atom stereocenters. The molecule has 1 heterocycles. The van der Waals surface area contributed by atoms with E-state index in [2.05, 4.69) is 47.4 Å². The maximum absolute atomic E-state index is 5.96. The molecule has 0 saturated heterocycles. The zero-order chi connectivity index (χ0) is 17.6. The van der Waals surface area contributed by atoms with Crippen molar-refractivity contribution in [2.45, 2.75) is 13.5 Å². The molecule has 4 nitrogen and oxygen atoms in total. The average molecular weight is 481 g/mol. The summed E-state index contributed by atoms with van der Waals surface area (Å²) in [7, 11) is 0. The number of anilines is 1. The van der Waals surface area contributed by atoms with Crippen molar-refractivity contribution in [3.8, 4) is 5.75 Å². The number of hydrogen-bond acceptors (Lipinski definition) is 5. The first-order chi connectivity index (χ1) is 12.1. The third kappa shape index (κ3) is 5.39. The fourth-order valence-corrected chi connectivity index (χ4v) is 3.34. The van der Waals surface area contributed by atoms with Crippen molar-refractivity contribution in [1.82, 2.24) is 4.98 Å². The second-order valence-corrected chi connectivity index (χ2v) is 7.95. The summed E-state index contributed by atoms with van der Waals surface area (Å²) in [5.74, 6) is 0.770. The van der Waals surface area contributed by atoms with Gasteiger partial charge in [0.1, 0.15) is 12.4 Å². The first-order valence-electron chi connectivity index (χ1n) is 7.48. The molecule has 3 rings (SSSR count). The Morgan fingerprint density at radius 1 is 1.16 bits per heavy atom. The number of hydrogen-bond donors (Lipinski definition) is 1. The van der Waals surface area contributed by atoms with E-state index in [-0.39, 0.29) is 0 Å². The van der Waals surface area contributed by atoms with Crippen LogP contribution >= 0.6 is 43.2 Å². The lowest BCUT2D eigenvalue weighted by Gasteiger charge is -2.10. The predicted octanol–water partition coefficient (Wildman–Crippen LogP) is 6.00. The molecule has 0 aliphatic heterocycles. The number of nitrogens with zero attached hydrogens (tertiary/aromatic N) is 2. The van der Waals surface area contributed by atoms with Gasteiger partial charge < -0.3 is 4.74 Å². The van der Waals surface area contributed by atoms with E-state index in [1.165, 1.54) is 11.3 Å². The molecular formula is C18H15Br2N3OS. The first kappa shape index (κ1) is 18.1. The second kappa shape index (κ2) is 8.60. The SMILES string of the molecule is Cc1csc(NN=Cc2cc(Br)ccc2OCc2ccc(Br)cc2)n1. The van der Waals surface area contributed by atoms with Gasteiger partial charge in [0, 0.05) is 19.9 Å². The topological polar surface area (TPSA) is 46.5 Å². The Balaban J connectivity index is 1.70. The van der Waals surface area contributed by atoms with E-state index in [1.807, 2.05) is 54.8 Å². The van der Waals surface area contributed by atoms with Gasteiger partial charge in [0.25, 0.3) is 0 Å². The molecule has 1 N–H and O–H groups in total. The largest absolute Gasteiger partial charge is 0.488 e. The van der Waals surface area contributed by atoms with Gasteiger partial charge in [-0.15, -0.1) is 11.3 Å². The zero-order valence-corrected chi connectivity index (χ0v) is 17.4. The van der Waals surface area contributed by atoms with Crippen LogP contribution in [0.15, 0.2) is 61.9 Å². The fourth-order valence-electron chi connectivity index (χ4n) is 2.06. The van der Waals surface area contributed by atoms with E-state index in [0.29, 0.717) is 6.61 Å². The Hall–Kier alpha value is -1.70. The Kier molecular flexibility index (Phi) is 6.23. The maximum atomic E-state index is 5.96. The summed E-state index contributed by atoms with van der Waals surface area (Å²) >= 11 is 8.44. The van der Waals surface area contributed by atoms with E-state index in [1.54, 1.807) is 6.21 Å². The van der Waals surface area contributed by atoms with E-state index >= 15 is 0 Å². The number of hydrazone groups is 1. The van der Waals surface area contributed by atoms with Gasteiger partial charge in [-0.1, -0.05) is 44.0 Å². The van der Waals surface area contributed by atoms with Gasteiger partial charge >= 0.3 is 0 Å². The lowest BCUT2D eigenvalue weighted by molar-refractivity contribution is 0.305. The molecule has 7 heteroatoms. The van der Waals surface area contributed by atoms with Gasteiger partial charge in [0.05, 0.1) is 11.9 Å². The van der Waals surface area contributed by atoms with Crippen molar-refractivity contribution in [2.24, 2.45) is 5.10 Å². The van der Waals surface area contributed by atoms with Crippen LogP contribution < -0.4 is 10.2 Å². The highest BCUT2D eigenvalue weighted by atomic mass is 79.9. The summed E-state index contributed by atoms with van der Waals surface area (Å²) < 4.78 is 7.98. The molecule has 3 aromatic rings. The molecule has 0 fully saturated rings. The number of aromatic nitrogens is 1. The molecule has 0 aliphatic carbocycles. The second-order valence-electron chi connectivity index (χ2n) is 5.26. The van der Waals surface area contributed by atoms with E-state index in [9.17, 15) is 0 Å². The minimum absolute atomic E-state index is 0.495. The Labute approximate surface area is 167 Å². The van der Waals surface area contributed by atoms with Crippen molar-refractivity contribution in [1.29, 1.82) is 0 Å². The molecular weight excluding hydrogens is 466 g/mol. The number of halogens is 2. The Morgan fingerprint density at radius 2 is 1.92 bits per heavy atom. The van der Waals surface area contributed by atoms with Crippen LogP contribution in [0.1, 0.15) is 16.8 Å². The third-order valence-corrected chi connectivity index (χ3v) is 5.15. The van der Waals surface area contributed by atoms with Crippen molar-refractivity contribution in [2.75, 3.05) is 5.43 Å². The summed E-state index contributed by atoms with van der Waals surface area (Å²) in [5.41, 5.74) is 5.90. The summed E-state index contributed by atoms with van der Waals surface area (Å²) in [6, 6.07) is 13.9. The summed E-state index contributed by atoms with van der Waals surface area (Å²) in [6.45, 7) is 2.45. The molecule has 25 heavy (non-hydrogen) atoms. The molecule has 0 aliphatic rings. The highest BCUT2D eigenvalue weighted by molar-refractivity contribution is 9.10. The monoisotopic (exact) mass is 479 g/mol.